The van der Waals surface area contributed by atoms with Crippen molar-refractivity contribution in [2.45, 2.75) is 31.9 Å². The highest BCUT2D eigenvalue weighted by atomic mass is 32.2. The molecule has 22 heavy (non-hydrogen) atoms. The molecule has 0 unspecified atom stereocenters. The Bertz CT molecular complexity index is 638. The molecular weight excluding hydrogens is 302 g/mol. The zero-order chi connectivity index (χ0) is 16.1. The van der Waals surface area contributed by atoms with E-state index in [9.17, 15) is 14.7 Å². The first kappa shape index (κ1) is 16.2. The van der Waals surface area contributed by atoms with E-state index in [1.807, 2.05) is 38.1 Å². The van der Waals surface area contributed by atoms with Crippen LogP contribution in [-0.4, -0.2) is 28.0 Å². The monoisotopic (exact) mass is 318 g/mol. The summed E-state index contributed by atoms with van der Waals surface area (Å²) in [4.78, 5) is 22.2. The zero-order valence-corrected chi connectivity index (χ0v) is 13.1. The smallest absolute Gasteiger partial charge is 0.239 e. The summed E-state index contributed by atoms with van der Waals surface area (Å²) in [6.45, 7) is 3.98. The Morgan fingerprint density at radius 3 is 2.64 bits per heavy atom. The fraction of sp³-hybridized carbons (Fsp3) is 0.333. The maximum absolute atomic E-state index is 11.6. The van der Waals surface area contributed by atoms with Gasteiger partial charge in [-0.15, -0.1) is 5.10 Å². The normalized spacial score (nSPS) is 20.3. The zero-order valence-electron chi connectivity index (χ0n) is 12.3. The highest BCUT2D eigenvalue weighted by molar-refractivity contribution is 8.15. The molecule has 1 aliphatic heterocycles. The lowest BCUT2D eigenvalue weighted by molar-refractivity contribution is -0.305. The van der Waals surface area contributed by atoms with Gasteiger partial charge in [-0.25, -0.2) is 0 Å². The highest BCUT2D eigenvalue weighted by Gasteiger charge is 2.30. The van der Waals surface area contributed by atoms with Crippen LogP contribution in [-0.2, 0) is 9.59 Å². The molecule has 0 aromatic heterocycles. The summed E-state index contributed by atoms with van der Waals surface area (Å²) in [6.07, 6.45) is 0.360. The van der Waals surface area contributed by atoms with Crippen LogP contribution in [0.5, 0.6) is 0 Å². The topological polar surface area (TPSA) is 94.0 Å². The number of nitrogens with one attached hydrogen (secondary N) is 1. The quantitative estimate of drug-likeness (QED) is 0.643. The van der Waals surface area contributed by atoms with Crippen LogP contribution in [0.4, 0.5) is 0 Å². The first-order valence-electron chi connectivity index (χ1n) is 6.88. The van der Waals surface area contributed by atoms with E-state index in [1.54, 1.807) is 0 Å². The van der Waals surface area contributed by atoms with Gasteiger partial charge in [0, 0.05) is 12.4 Å². The molecule has 1 N–H and O–H groups in total. The van der Waals surface area contributed by atoms with Gasteiger partial charge in [-0.2, -0.15) is 5.10 Å². The third-order valence-electron chi connectivity index (χ3n) is 3.11. The molecule has 0 saturated carbocycles. The fourth-order valence-electron chi connectivity index (χ4n) is 1.92. The Kier molecular flexibility index (Phi) is 5.32. The van der Waals surface area contributed by atoms with Gasteiger partial charge in [-0.05, 0) is 18.9 Å². The molecule has 0 spiro atoms. The number of thioether (sulfide) groups is 1. The Balaban J connectivity index is 2.13. The first-order valence-corrected chi connectivity index (χ1v) is 7.76. The second-order valence-electron chi connectivity index (χ2n) is 4.84. The molecule has 7 heteroatoms. The lowest BCUT2D eigenvalue weighted by Crippen LogP contribution is -2.31. The molecular formula is C15H16N3O3S-. The largest absolute Gasteiger partial charge is 0.550 e. The minimum atomic E-state index is -1.26. The average molecular weight is 318 g/mol. The molecule has 1 aliphatic rings. The van der Waals surface area contributed by atoms with Crippen LogP contribution in [0.15, 0.2) is 34.5 Å². The molecule has 1 atom stereocenters. The SMILES string of the molecule is CC/C(=N/N=C1/NC(=O)[C@H](CC(=O)[O-])S1)c1ccc(C)cc1. The number of carboxylic acids is 1. The lowest BCUT2D eigenvalue weighted by Gasteiger charge is -2.04. The Labute approximate surface area is 132 Å². The molecule has 1 fully saturated rings. The Morgan fingerprint density at radius 2 is 2.05 bits per heavy atom. The van der Waals surface area contributed by atoms with E-state index < -0.39 is 11.2 Å². The standard InChI is InChI=1S/C15H17N3O3S/c1-3-11(10-6-4-9(2)5-7-10)17-18-15-16-14(21)12(22-15)8-13(19)20/h4-7,12H,3,8H2,1-2H3,(H,19,20)(H,16,18,21)/p-1/b17-11-/t12-/m0/s1. The number of nitrogens with zero attached hydrogens (tertiary/aromatic N) is 2. The summed E-state index contributed by atoms with van der Waals surface area (Å²) in [7, 11) is 0. The van der Waals surface area contributed by atoms with Crippen molar-refractivity contribution in [3.05, 3.63) is 35.4 Å². The molecule has 0 bridgehead atoms. The second kappa shape index (κ2) is 7.22. The van der Waals surface area contributed by atoms with Crippen LogP contribution < -0.4 is 10.4 Å². The molecule has 1 heterocycles. The summed E-state index contributed by atoms with van der Waals surface area (Å²) in [5, 5.41) is 20.9. The number of carbonyl (C=O) groups is 2. The first-order chi connectivity index (χ1) is 10.5. The van der Waals surface area contributed by atoms with Gasteiger partial charge in [0.25, 0.3) is 0 Å². The molecule has 1 saturated heterocycles. The summed E-state index contributed by atoms with van der Waals surface area (Å²) >= 11 is 1.06. The van der Waals surface area contributed by atoms with Crippen molar-refractivity contribution < 1.29 is 14.7 Å². The molecule has 1 aromatic carbocycles. The van der Waals surface area contributed by atoms with Gasteiger partial charge >= 0.3 is 0 Å². The van der Waals surface area contributed by atoms with Gasteiger partial charge in [-0.1, -0.05) is 48.5 Å². The predicted octanol–water partition coefficient (Wildman–Crippen LogP) is 0.837. The number of aryl methyl sites for hydroxylation is 1. The van der Waals surface area contributed by atoms with E-state index in [0.29, 0.717) is 11.6 Å². The van der Waals surface area contributed by atoms with E-state index in [-0.39, 0.29) is 12.3 Å². The van der Waals surface area contributed by atoms with Gasteiger partial charge in [0.05, 0.1) is 11.0 Å². The third kappa shape index (κ3) is 4.17. The maximum atomic E-state index is 11.6. The number of carbonyl (C=O) groups excluding carboxylic acids is 2. The number of carboxylic acid groups (broad SMARTS) is 1. The molecule has 0 radical (unpaired) electrons. The summed E-state index contributed by atoms with van der Waals surface area (Å²) in [6, 6.07) is 7.93. The second-order valence-corrected chi connectivity index (χ2v) is 6.03. The van der Waals surface area contributed by atoms with Crippen molar-refractivity contribution in [2.24, 2.45) is 10.2 Å². The Morgan fingerprint density at radius 1 is 1.36 bits per heavy atom. The number of rotatable bonds is 5. The molecule has 1 aromatic rings. The Hall–Kier alpha value is -2.15. The summed E-state index contributed by atoms with van der Waals surface area (Å²) < 4.78 is 0. The van der Waals surface area contributed by atoms with E-state index in [2.05, 4.69) is 15.5 Å². The average Bonchev–Trinajstić information content (AvgIpc) is 2.81. The molecule has 0 aliphatic carbocycles. The molecule has 6 nitrogen and oxygen atoms in total. The maximum Gasteiger partial charge on any atom is 0.239 e. The molecule has 116 valence electrons. The van der Waals surface area contributed by atoms with Crippen LogP contribution in [0, 0.1) is 6.92 Å². The number of amides is 1. The van der Waals surface area contributed by atoms with Crippen LogP contribution in [0.2, 0.25) is 0 Å². The van der Waals surface area contributed by atoms with Crippen molar-refractivity contribution in [1.29, 1.82) is 0 Å². The van der Waals surface area contributed by atoms with Crippen LogP contribution in [0.25, 0.3) is 0 Å². The minimum absolute atomic E-state index is 0.314. The number of benzene rings is 1. The van der Waals surface area contributed by atoms with Gasteiger partial charge in [0.1, 0.15) is 0 Å². The van der Waals surface area contributed by atoms with Gasteiger partial charge in [-0.3, -0.25) is 4.79 Å². The van der Waals surface area contributed by atoms with Crippen molar-refractivity contribution in [1.82, 2.24) is 5.32 Å². The molecule has 1 amide bonds. The molecule has 2 rings (SSSR count). The number of aliphatic carboxylic acids is 1. The summed E-state index contributed by atoms with van der Waals surface area (Å²) in [5.41, 5.74) is 2.93. The van der Waals surface area contributed by atoms with Gasteiger partial charge in [0.15, 0.2) is 5.17 Å². The van der Waals surface area contributed by atoms with Crippen molar-refractivity contribution in [3.8, 4) is 0 Å². The van der Waals surface area contributed by atoms with Crippen LogP contribution in [0.1, 0.15) is 30.9 Å². The van der Waals surface area contributed by atoms with E-state index in [4.69, 9.17) is 0 Å². The fourth-order valence-corrected chi connectivity index (χ4v) is 2.82. The minimum Gasteiger partial charge on any atom is -0.550 e. The number of amidine groups is 1. The van der Waals surface area contributed by atoms with E-state index >= 15 is 0 Å². The van der Waals surface area contributed by atoms with Gasteiger partial charge < -0.3 is 15.2 Å². The van der Waals surface area contributed by atoms with E-state index in [0.717, 1.165) is 28.6 Å². The van der Waals surface area contributed by atoms with Crippen LogP contribution >= 0.6 is 11.8 Å². The van der Waals surface area contributed by atoms with E-state index in [1.165, 1.54) is 0 Å². The van der Waals surface area contributed by atoms with Crippen LogP contribution in [0.3, 0.4) is 0 Å². The summed E-state index contributed by atoms with van der Waals surface area (Å²) in [5.74, 6) is -1.64. The number of hydrogen-bond donors (Lipinski definition) is 1. The highest BCUT2D eigenvalue weighted by Crippen LogP contribution is 2.22. The van der Waals surface area contributed by atoms with Gasteiger partial charge in [0.2, 0.25) is 5.91 Å². The van der Waals surface area contributed by atoms with Crippen molar-refractivity contribution >= 4 is 34.5 Å². The van der Waals surface area contributed by atoms with Crippen molar-refractivity contribution in [2.75, 3.05) is 0 Å². The van der Waals surface area contributed by atoms with Crippen molar-refractivity contribution in [3.63, 3.8) is 0 Å². The lowest BCUT2D eigenvalue weighted by atomic mass is 10.1. The predicted molar refractivity (Wildman–Crippen MR) is 84.6 cm³/mol. The number of hydrogen-bond acceptors (Lipinski definition) is 6. The third-order valence-corrected chi connectivity index (χ3v) is 4.18.